The molecule has 1 aliphatic rings. The van der Waals surface area contributed by atoms with E-state index in [9.17, 15) is 22.0 Å². The molecule has 11 heteroatoms. The van der Waals surface area contributed by atoms with Gasteiger partial charge in [0.1, 0.15) is 0 Å². The molecule has 1 fully saturated rings. The van der Waals surface area contributed by atoms with Gasteiger partial charge in [-0.3, -0.25) is 4.79 Å². The maximum atomic E-state index is 13.0. The molecule has 0 bridgehead atoms. The quantitative estimate of drug-likeness (QED) is 0.637. The lowest BCUT2D eigenvalue weighted by molar-refractivity contribution is -0.0512. The van der Waals surface area contributed by atoms with Crippen molar-refractivity contribution in [3.63, 3.8) is 0 Å². The largest absolute Gasteiger partial charge is 0.493 e. The van der Waals surface area contributed by atoms with Crippen LogP contribution >= 0.6 is 0 Å². The summed E-state index contributed by atoms with van der Waals surface area (Å²) in [6.45, 7) is -0.0877. The number of hydrogen-bond acceptors (Lipinski definition) is 6. The van der Waals surface area contributed by atoms with Crippen LogP contribution < -0.4 is 14.8 Å². The first-order valence-corrected chi connectivity index (χ1v) is 11.2. The summed E-state index contributed by atoms with van der Waals surface area (Å²) < 4.78 is 66.9. The van der Waals surface area contributed by atoms with Crippen molar-refractivity contribution in [1.82, 2.24) is 9.62 Å². The number of morpholine rings is 1. The molecular weight excluding hydrogens is 446 g/mol. The summed E-state index contributed by atoms with van der Waals surface area (Å²) in [5.74, 6) is -0.490. The molecule has 8 nitrogen and oxygen atoms in total. The van der Waals surface area contributed by atoms with Gasteiger partial charge in [0.25, 0.3) is 5.91 Å². The van der Waals surface area contributed by atoms with Crippen LogP contribution in [0.5, 0.6) is 11.5 Å². The lowest BCUT2D eigenvalue weighted by Crippen LogP contribution is -2.41. The summed E-state index contributed by atoms with van der Waals surface area (Å²) in [6.07, 6.45) is 0. The van der Waals surface area contributed by atoms with E-state index in [0.29, 0.717) is 24.3 Å². The second-order valence-electron chi connectivity index (χ2n) is 7.04. The van der Waals surface area contributed by atoms with E-state index in [1.54, 1.807) is 19.1 Å². The molecule has 0 atom stereocenters. The summed E-state index contributed by atoms with van der Waals surface area (Å²) >= 11 is 0. The van der Waals surface area contributed by atoms with Crippen molar-refractivity contribution in [3.8, 4) is 11.5 Å². The Morgan fingerprint density at radius 3 is 2.53 bits per heavy atom. The molecule has 3 rings (SSSR count). The number of amides is 1. The van der Waals surface area contributed by atoms with E-state index in [-0.39, 0.29) is 41.6 Å². The number of hydrogen-bond donors (Lipinski definition) is 1. The predicted molar refractivity (Wildman–Crippen MR) is 112 cm³/mol. The van der Waals surface area contributed by atoms with E-state index in [0.717, 1.165) is 0 Å². The Labute approximate surface area is 185 Å². The van der Waals surface area contributed by atoms with Crippen LogP contribution in [-0.4, -0.2) is 58.7 Å². The number of carbonyl (C=O) groups excluding carboxylic acids is 1. The van der Waals surface area contributed by atoms with Crippen molar-refractivity contribution in [2.75, 3.05) is 33.4 Å². The van der Waals surface area contributed by atoms with Gasteiger partial charge in [-0.25, -0.2) is 8.42 Å². The summed E-state index contributed by atoms with van der Waals surface area (Å²) in [4.78, 5) is 12.7. The zero-order chi connectivity index (χ0) is 23.3. The highest BCUT2D eigenvalue weighted by Gasteiger charge is 2.28. The van der Waals surface area contributed by atoms with Gasteiger partial charge >= 0.3 is 6.61 Å². The average Bonchev–Trinajstić information content (AvgIpc) is 2.78. The van der Waals surface area contributed by atoms with Crippen molar-refractivity contribution < 1.29 is 36.2 Å². The van der Waals surface area contributed by atoms with Gasteiger partial charge in [0.05, 0.1) is 25.2 Å². The molecule has 0 spiro atoms. The second-order valence-corrected chi connectivity index (χ2v) is 8.95. The Morgan fingerprint density at radius 2 is 1.88 bits per heavy atom. The smallest absolute Gasteiger partial charge is 0.387 e. The Kier molecular flexibility index (Phi) is 7.64. The number of halogens is 2. The third-order valence-electron chi connectivity index (χ3n) is 4.94. The van der Waals surface area contributed by atoms with Crippen LogP contribution in [0.15, 0.2) is 41.3 Å². The molecule has 0 unspecified atom stereocenters. The highest BCUT2D eigenvalue weighted by molar-refractivity contribution is 7.89. The van der Waals surface area contributed by atoms with Gasteiger partial charge in [0.2, 0.25) is 10.0 Å². The second kappa shape index (κ2) is 10.2. The van der Waals surface area contributed by atoms with E-state index in [1.165, 1.54) is 35.7 Å². The van der Waals surface area contributed by atoms with Crippen molar-refractivity contribution in [2.45, 2.75) is 25.0 Å². The zero-order valence-corrected chi connectivity index (χ0v) is 18.5. The number of ether oxygens (including phenoxy) is 3. The molecule has 0 aliphatic carbocycles. The van der Waals surface area contributed by atoms with E-state index in [4.69, 9.17) is 9.47 Å². The number of aryl methyl sites for hydroxylation is 1. The van der Waals surface area contributed by atoms with Crippen molar-refractivity contribution in [3.05, 3.63) is 53.1 Å². The lowest BCUT2D eigenvalue weighted by atomic mass is 10.1. The van der Waals surface area contributed by atoms with Crippen LogP contribution in [0.25, 0.3) is 0 Å². The third-order valence-corrected chi connectivity index (χ3v) is 6.98. The maximum Gasteiger partial charge on any atom is 0.387 e. The molecule has 1 aliphatic heterocycles. The fraction of sp³-hybridized carbons (Fsp3) is 0.381. The first-order chi connectivity index (χ1) is 15.2. The van der Waals surface area contributed by atoms with E-state index in [2.05, 4.69) is 10.1 Å². The predicted octanol–water partition coefficient (Wildman–Crippen LogP) is 2.56. The molecule has 2 aromatic carbocycles. The maximum absolute atomic E-state index is 13.0. The zero-order valence-electron chi connectivity index (χ0n) is 17.6. The lowest BCUT2D eigenvalue weighted by Gasteiger charge is -2.26. The Bertz CT molecular complexity index is 1070. The van der Waals surface area contributed by atoms with E-state index >= 15 is 0 Å². The number of sulfonamides is 1. The molecule has 32 heavy (non-hydrogen) atoms. The number of nitrogens with one attached hydrogen (secondary N) is 1. The van der Waals surface area contributed by atoms with Gasteiger partial charge in [-0.15, -0.1) is 0 Å². The summed E-state index contributed by atoms with van der Waals surface area (Å²) in [5, 5.41) is 2.69. The van der Waals surface area contributed by atoms with Crippen LogP contribution in [-0.2, 0) is 21.3 Å². The Balaban J connectivity index is 1.74. The molecular formula is C21H24F2N2O6S. The number of alkyl halides is 2. The topological polar surface area (TPSA) is 94.2 Å². The molecule has 1 heterocycles. The Morgan fingerprint density at radius 1 is 1.16 bits per heavy atom. The van der Waals surface area contributed by atoms with Crippen LogP contribution in [0.4, 0.5) is 8.78 Å². The van der Waals surface area contributed by atoms with Gasteiger partial charge in [0, 0.05) is 25.2 Å². The van der Waals surface area contributed by atoms with Gasteiger partial charge in [0.15, 0.2) is 11.5 Å². The van der Waals surface area contributed by atoms with Crippen molar-refractivity contribution in [2.24, 2.45) is 0 Å². The number of rotatable bonds is 8. The summed E-state index contributed by atoms with van der Waals surface area (Å²) in [7, 11) is -2.44. The fourth-order valence-electron chi connectivity index (χ4n) is 3.24. The van der Waals surface area contributed by atoms with Crippen molar-refractivity contribution >= 4 is 15.9 Å². The number of nitrogens with zero attached hydrogens (tertiary/aromatic N) is 1. The molecule has 0 aromatic heterocycles. The average molecular weight is 470 g/mol. The summed E-state index contributed by atoms with van der Waals surface area (Å²) in [5.41, 5.74) is 1.31. The molecule has 0 saturated carbocycles. The van der Waals surface area contributed by atoms with Gasteiger partial charge < -0.3 is 19.5 Å². The van der Waals surface area contributed by atoms with E-state index < -0.39 is 22.5 Å². The summed E-state index contributed by atoms with van der Waals surface area (Å²) in [6, 6.07) is 8.80. The normalized spacial score (nSPS) is 14.9. The third kappa shape index (κ3) is 5.53. The van der Waals surface area contributed by atoms with Crippen LogP contribution in [0.1, 0.15) is 21.5 Å². The molecule has 1 saturated heterocycles. The fourth-order valence-corrected chi connectivity index (χ4v) is 4.90. The monoisotopic (exact) mass is 470 g/mol. The minimum atomic E-state index is -3.76. The van der Waals surface area contributed by atoms with Gasteiger partial charge in [-0.1, -0.05) is 12.1 Å². The minimum absolute atomic E-state index is 0.0715. The first kappa shape index (κ1) is 23.9. The van der Waals surface area contributed by atoms with E-state index in [1.807, 2.05) is 0 Å². The SMILES string of the molecule is COc1cc(CNC(=O)c2ccc(C)c(S(=O)(=O)N3CCOCC3)c2)ccc1OC(F)F. The highest BCUT2D eigenvalue weighted by atomic mass is 32.2. The molecule has 2 aromatic rings. The van der Waals surface area contributed by atoms with Gasteiger partial charge in [-0.05, 0) is 42.3 Å². The minimum Gasteiger partial charge on any atom is -0.493 e. The Hall–Kier alpha value is -2.76. The molecule has 1 amide bonds. The molecule has 0 radical (unpaired) electrons. The molecule has 1 N–H and O–H groups in total. The van der Waals surface area contributed by atoms with Crippen LogP contribution in [0, 0.1) is 6.92 Å². The highest BCUT2D eigenvalue weighted by Crippen LogP contribution is 2.29. The van der Waals surface area contributed by atoms with Gasteiger partial charge in [-0.2, -0.15) is 13.1 Å². The van der Waals surface area contributed by atoms with Crippen molar-refractivity contribution in [1.29, 1.82) is 0 Å². The van der Waals surface area contributed by atoms with Crippen LogP contribution in [0.2, 0.25) is 0 Å². The number of carbonyl (C=O) groups is 1. The number of benzene rings is 2. The standard InChI is InChI=1S/C21H24F2N2O6S/c1-14-3-5-16(12-19(14)32(27,28)25-7-9-30-10-8-25)20(26)24-13-15-4-6-17(31-21(22)23)18(11-15)29-2/h3-6,11-12,21H,7-10,13H2,1-2H3,(H,24,26). The van der Waals surface area contributed by atoms with Crippen LogP contribution in [0.3, 0.4) is 0 Å². The number of methoxy groups -OCH3 is 1. The first-order valence-electron chi connectivity index (χ1n) is 9.81. The molecule has 174 valence electrons.